The van der Waals surface area contributed by atoms with Gasteiger partial charge in [-0.15, -0.1) is 0 Å². The summed E-state index contributed by atoms with van der Waals surface area (Å²) < 4.78 is 25.1. The van der Waals surface area contributed by atoms with Gasteiger partial charge in [0.2, 0.25) is 10.0 Å². The van der Waals surface area contributed by atoms with Crippen LogP contribution < -0.4 is 10.0 Å². The van der Waals surface area contributed by atoms with Crippen molar-refractivity contribution in [2.75, 3.05) is 24.1 Å². The highest BCUT2D eigenvalue weighted by atomic mass is 32.2. The molecule has 0 radical (unpaired) electrons. The predicted molar refractivity (Wildman–Crippen MR) is 80.9 cm³/mol. The van der Waals surface area contributed by atoms with Crippen LogP contribution in [-0.2, 0) is 16.4 Å². The number of nitrogens with zero attached hydrogens (tertiary/aromatic N) is 1. The molecular weight excluding hydrogens is 274 g/mol. The number of sulfonamides is 1. The van der Waals surface area contributed by atoms with Crippen LogP contribution in [0, 0.1) is 0 Å². The number of aryl methyl sites for hydroxylation is 1. The van der Waals surface area contributed by atoms with Gasteiger partial charge in [-0.2, -0.15) is 0 Å². The van der Waals surface area contributed by atoms with Crippen molar-refractivity contribution in [3.05, 3.63) is 29.3 Å². The van der Waals surface area contributed by atoms with Gasteiger partial charge in [-0.1, -0.05) is 6.07 Å². The zero-order chi connectivity index (χ0) is 14.2. The van der Waals surface area contributed by atoms with Gasteiger partial charge in [-0.25, -0.2) is 8.42 Å². The molecule has 0 saturated heterocycles. The SMILES string of the molecule is CS(=O)(=O)Nc1ccc2c(c1)CCCC2C1=NCCN1. The predicted octanol–water partition coefficient (Wildman–Crippen LogP) is 1.48. The molecule has 1 aromatic rings. The van der Waals surface area contributed by atoms with Crippen molar-refractivity contribution >= 4 is 21.5 Å². The molecule has 1 aromatic carbocycles. The second kappa shape index (κ2) is 5.09. The molecule has 2 N–H and O–H groups in total. The van der Waals surface area contributed by atoms with Crippen LogP contribution in [0.25, 0.3) is 0 Å². The van der Waals surface area contributed by atoms with Gasteiger partial charge in [0.05, 0.1) is 12.8 Å². The lowest BCUT2D eigenvalue weighted by Crippen LogP contribution is -2.28. The van der Waals surface area contributed by atoms with E-state index in [2.05, 4.69) is 15.0 Å². The number of fused-ring (bicyclic) bond motifs is 1. The molecule has 108 valence electrons. The number of benzene rings is 1. The Morgan fingerprint density at radius 3 is 2.95 bits per heavy atom. The summed E-state index contributed by atoms with van der Waals surface area (Å²) in [6, 6.07) is 5.83. The van der Waals surface area contributed by atoms with Crippen molar-refractivity contribution in [1.29, 1.82) is 0 Å². The molecule has 0 bridgehead atoms. The zero-order valence-corrected chi connectivity index (χ0v) is 12.3. The fraction of sp³-hybridized carbons (Fsp3) is 0.500. The molecule has 1 aliphatic carbocycles. The first-order chi connectivity index (χ1) is 9.53. The van der Waals surface area contributed by atoms with Crippen molar-refractivity contribution in [3.8, 4) is 0 Å². The summed E-state index contributed by atoms with van der Waals surface area (Å²) in [5, 5.41) is 3.36. The van der Waals surface area contributed by atoms with Crippen LogP contribution in [0.5, 0.6) is 0 Å². The third-order valence-electron chi connectivity index (χ3n) is 3.79. The monoisotopic (exact) mass is 293 g/mol. The first-order valence-electron chi connectivity index (χ1n) is 6.92. The highest BCUT2D eigenvalue weighted by Crippen LogP contribution is 2.34. The zero-order valence-electron chi connectivity index (χ0n) is 11.5. The summed E-state index contributed by atoms with van der Waals surface area (Å²) in [6.45, 7) is 1.78. The Morgan fingerprint density at radius 1 is 1.40 bits per heavy atom. The highest BCUT2D eigenvalue weighted by molar-refractivity contribution is 7.92. The number of nitrogens with one attached hydrogen (secondary N) is 2. The highest BCUT2D eigenvalue weighted by Gasteiger charge is 2.26. The maximum Gasteiger partial charge on any atom is 0.229 e. The summed E-state index contributed by atoms with van der Waals surface area (Å²) in [4.78, 5) is 4.53. The quantitative estimate of drug-likeness (QED) is 0.887. The summed E-state index contributed by atoms with van der Waals surface area (Å²) in [7, 11) is -3.22. The minimum Gasteiger partial charge on any atom is -0.371 e. The lowest BCUT2D eigenvalue weighted by atomic mass is 9.82. The molecule has 1 atom stereocenters. The number of anilines is 1. The topological polar surface area (TPSA) is 70.6 Å². The molecule has 20 heavy (non-hydrogen) atoms. The molecule has 1 heterocycles. The number of hydrogen-bond acceptors (Lipinski definition) is 4. The maximum absolute atomic E-state index is 11.3. The van der Waals surface area contributed by atoms with E-state index in [0.29, 0.717) is 11.6 Å². The first kappa shape index (κ1) is 13.4. The molecule has 0 fully saturated rings. The Hall–Kier alpha value is -1.56. The smallest absolute Gasteiger partial charge is 0.229 e. The number of rotatable bonds is 3. The van der Waals surface area contributed by atoms with Crippen LogP contribution >= 0.6 is 0 Å². The summed E-state index contributed by atoms with van der Waals surface area (Å²) in [5.41, 5.74) is 3.16. The van der Waals surface area contributed by atoms with E-state index in [4.69, 9.17) is 0 Å². The molecule has 0 amide bonds. The van der Waals surface area contributed by atoms with Gasteiger partial charge in [-0.05, 0) is 42.5 Å². The van der Waals surface area contributed by atoms with E-state index in [1.165, 1.54) is 17.4 Å². The molecule has 0 spiro atoms. The van der Waals surface area contributed by atoms with Crippen LogP contribution in [0.4, 0.5) is 5.69 Å². The minimum atomic E-state index is -3.22. The van der Waals surface area contributed by atoms with Gasteiger partial charge < -0.3 is 5.32 Å². The van der Waals surface area contributed by atoms with Crippen molar-refractivity contribution in [3.63, 3.8) is 0 Å². The Bertz CT molecular complexity index is 652. The molecular formula is C14H19N3O2S. The second-order valence-corrected chi connectivity index (χ2v) is 7.17. The normalized spacial score (nSPS) is 21.9. The molecule has 1 aliphatic heterocycles. The Morgan fingerprint density at radius 2 is 2.25 bits per heavy atom. The van der Waals surface area contributed by atoms with Gasteiger partial charge >= 0.3 is 0 Å². The molecule has 3 rings (SSSR count). The molecule has 5 nitrogen and oxygen atoms in total. The van der Waals surface area contributed by atoms with E-state index < -0.39 is 10.0 Å². The van der Waals surface area contributed by atoms with Crippen LogP contribution in [-0.4, -0.2) is 33.6 Å². The van der Waals surface area contributed by atoms with E-state index in [-0.39, 0.29) is 0 Å². The van der Waals surface area contributed by atoms with Crippen LogP contribution in [0.3, 0.4) is 0 Å². The summed E-state index contributed by atoms with van der Waals surface area (Å²) >= 11 is 0. The van der Waals surface area contributed by atoms with E-state index in [1.807, 2.05) is 18.2 Å². The summed E-state index contributed by atoms with van der Waals surface area (Å²) in [5.74, 6) is 1.43. The van der Waals surface area contributed by atoms with Gasteiger partial charge in [0.1, 0.15) is 5.84 Å². The minimum absolute atomic E-state index is 0.341. The maximum atomic E-state index is 11.3. The van der Waals surface area contributed by atoms with Crippen LogP contribution in [0.2, 0.25) is 0 Å². The largest absolute Gasteiger partial charge is 0.371 e. The molecule has 1 unspecified atom stereocenters. The van der Waals surface area contributed by atoms with Crippen LogP contribution in [0.1, 0.15) is 29.9 Å². The molecule has 6 heteroatoms. The van der Waals surface area contributed by atoms with Gasteiger partial charge in [-0.3, -0.25) is 9.71 Å². The van der Waals surface area contributed by atoms with Gasteiger partial charge in [0.25, 0.3) is 0 Å². The molecule has 0 aromatic heterocycles. The summed E-state index contributed by atoms with van der Waals surface area (Å²) in [6.07, 6.45) is 4.39. The fourth-order valence-electron chi connectivity index (χ4n) is 3.03. The second-order valence-electron chi connectivity index (χ2n) is 5.43. The van der Waals surface area contributed by atoms with E-state index in [1.54, 1.807) is 0 Å². The third kappa shape index (κ3) is 2.80. The first-order valence-corrected chi connectivity index (χ1v) is 8.81. The average Bonchev–Trinajstić information content (AvgIpc) is 2.89. The van der Waals surface area contributed by atoms with Crippen molar-refractivity contribution in [2.24, 2.45) is 4.99 Å². The molecule has 2 aliphatic rings. The van der Waals surface area contributed by atoms with Crippen molar-refractivity contribution in [1.82, 2.24) is 5.32 Å². The van der Waals surface area contributed by atoms with Crippen molar-refractivity contribution < 1.29 is 8.42 Å². The Labute approximate surface area is 119 Å². The van der Waals surface area contributed by atoms with E-state index in [9.17, 15) is 8.42 Å². The van der Waals surface area contributed by atoms with Crippen LogP contribution in [0.15, 0.2) is 23.2 Å². The lowest BCUT2D eigenvalue weighted by molar-refractivity contribution is 0.606. The Balaban J connectivity index is 1.91. The lowest BCUT2D eigenvalue weighted by Gasteiger charge is -2.26. The average molecular weight is 293 g/mol. The number of aliphatic imine (C=N–C) groups is 1. The van der Waals surface area contributed by atoms with E-state index >= 15 is 0 Å². The number of hydrogen-bond donors (Lipinski definition) is 2. The van der Waals surface area contributed by atoms with Gasteiger partial charge in [0, 0.05) is 18.2 Å². The molecule has 0 saturated carbocycles. The van der Waals surface area contributed by atoms with Crippen molar-refractivity contribution in [2.45, 2.75) is 25.2 Å². The Kier molecular flexibility index (Phi) is 3.41. The van der Waals surface area contributed by atoms with E-state index in [0.717, 1.165) is 38.2 Å². The fourth-order valence-corrected chi connectivity index (χ4v) is 3.58. The standard InChI is InChI=1S/C14H19N3O2S/c1-20(18,19)17-11-5-6-12-10(9-11)3-2-4-13(12)14-15-7-8-16-14/h5-6,9,13,17H,2-4,7-8H2,1H3,(H,15,16). The number of amidine groups is 1. The van der Waals surface area contributed by atoms with Gasteiger partial charge in [0.15, 0.2) is 0 Å². The third-order valence-corrected chi connectivity index (χ3v) is 4.40.